The fourth-order valence-corrected chi connectivity index (χ4v) is 5.35. The Bertz CT molecular complexity index is 1390. The number of hydrogen-bond donors (Lipinski definition) is 1. The van der Waals surface area contributed by atoms with Gasteiger partial charge in [0.05, 0.1) is 42.9 Å². The number of aryl methyl sites for hydroxylation is 2. The zero-order valence-corrected chi connectivity index (χ0v) is 22.4. The molecule has 0 saturated heterocycles. The minimum Gasteiger partial charge on any atom is -0.493 e. The molecule has 0 aliphatic heterocycles. The Labute approximate surface area is 219 Å². The van der Waals surface area contributed by atoms with Crippen molar-refractivity contribution in [1.29, 1.82) is 0 Å². The topological polar surface area (TPSA) is 73.9 Å². The Hall–Kier alpha value is -3.16. The normalized spacial score (nSPS) is 14.2. The van der Waals surface area contributed by atoms with E-state index < -0.39 is 6.04 Å². The molecule has 3 aromatic carbocycles. The number of carbonyl (C=O) groups is 1. The summed E-state index contributed by atoms with van der Waals surface area (Å²) in [4.78, 5) is 27.0. The summed E-state index contributed by atoms with van der Waals surface area (Å²) in [6.45, 7) is 1.86. The van der Waals surface area contributed by atoms with Gasteiger partial charge in [-0.3, -0.25) is 9.59 Å². The number of benzene rings is 2. The van der Waals surface area contributed by atoms with Crippen LogP contribution in [0.15, 0.2) is 52.2 Å². The summed E-state index contributed by atoms with van der Waals surface area (Å²) in [6.07, 6.45) is 3.04. The number of methoxy groups -OCH3 is 3. The fourth-order valence-electron chi connectivity index (χ4n) is 4.68. The van der Waals surface area contributed by atoms with E-state index in [0.717, 1.165) is 22.3 Å². The lowest BCUT2D eigenvalue weighted by Crippen LogP contribution is -2.29. The molecule has 1 amide bonds. The van der Waals surface area contributed by atoms with E-state index in [2.05, 4.69) is 5.32 Å². The van der Waals surface area contributed by atoms with E-state index in [1.54, 1.807) is 39.5 Å². The maximum atomic E-state index is 13.3. The Morgan fingerprint density at radius 2 is 1.81 bits per heavy atom. The van der Waals surface area contributed by atoms with E-state index >= 15 is 0 Å². The van der Waals surface area contributed by atoms with Gasteiger partial charge in [0.25, 0.3) is 5.91 Å². The Kier molecular flexibility index (Phi) is 7.81. The Morgan fingerprint density at radius 3 is 2.47 bits per heavy atom. The quantitative estimate of drug-likeness (QED) is 0.407. The number of amides is 1. The third-order valence-corrected chi connectivity index (χ3v) is 7.74. The summed E-state index contributed by atoms with van der Waals surface area (Å²) in [5, 5.41) is 3.55. The summed E-state index contributed by atoms with van der Waals surface area (Å²) in [5.74, 6) is 1.25. The zero-order valence-electron chi connectivity index (χ0n) is 20.9. The van der Waals surface area contributed by atoms with Crippen LogP contribution in [0.1, 0.15) is 39.5 Å². The highest BCUT2D eigenvalue weighted by atomic mass is 35.5. The SMILES string of the molecule is COc1cc2c(c(OC)c1OC)-c1ccc(SC)c(=O)cc1[C@@H](NC(=O)c1cccc(C)c1Cl)CC2. The molecular formula is C28H28ClNO5S. The summed E-state index contributed by atoms with van der Waals surface area (Å²) >= 11 is 7.83. The van der Waals surface area contributed by atoms with Gasteiger partial charge in [-0.05, 0) is 72.5 Å². The maximum Gasteiger partial charge on any atom is 0.253 e. The molecule has 36 heavy (non-hydrogen) atoms. The first kappa shape index (κ1) is 25.9. The van der Waals surface area contributed by atoms with Gasteiger partial charge >= 0.3 is 0 Å². The van der Waals surface area contributed by atoms with Crippen LogP contribution in [0.2, 0.25) is 5.02 Å². The molecule has 188 valence electrons. The van der Waals surface area contributed by atoms with Gasteiger partial charge in [-0.15, -0.1) is 11.8 Å². The van der Waals surface area contributed by atoms with Gasteiger partial charge in [0.1, 0.15) is 0 Å². The minimum atomic E-state index is -0.437. The second kappa shape index (κ2) is 10.8. The molecule has 0 unspecified atom stereocenters. The van der Waals surface area contributed by atoms with Crippen molar-refractivity contribution in [3.8, 4) is 28.4 Å². The van der Waals surface area contributed by atoms with Gasteiger partial charge in [-0.2, -0.15) is 0 Å². The molecule has 8 heteroatoms. The average molecular weight is 526 g/mol. The largest absolute Gasteiger partial charge is 0.493 e. The zero-order chi connectivity index (χ0) is 26.0. The molecule has 0 heterocycles. The molecule has 0 radical (unpaired) electrons. The van der Waals surface area contributed by atoms with E-state index in [0.29, 0.717) is 51.1 Å². The van der Waals surface area contributed by atoms with Gasteiger partial charge in [-0.25, -0.2) is 0 Å². The number of halogens is 1. The van der Waals surface area contributed by atoms with Gasteiger partial charge in [-0.1, -0.05) is 29.8 Å². The molecule has 3 aromatic rings. The van der Waals surface area contributed by atoms with E-state index in [1.807, 2.05) is 37.4 Å². The molecule has 1 aliphatic carbocycles. The van der Waals surface area contributed by atoms with E-state index in [1.165, 1.54) is 11.8 Å². The van der Waals surface area contributed by atoms with Crippen LogP contribution in [-0.4, -0.2) is 33.5 Å². The van der Waals surface area contributed by atoms with Crippen LogP contribution in [0, 0.1) is 6.92 Å². The monoisotopic (exact) mass is 525 g/mol. The highest BCUT2D eigenvalue weighted by Gasteiger charge is 2.30. The highest BCUT2D eigenvalue weighted by molar-refractivity contribution is 7.98. The molecule has 0 fully saturated rings. The van der Waals surface area contributed by atoms with Gasteiger partial charge in [0.15, 0.2) is 16.9 Å². The van der Waals surface area contributed by atoms with Crippen molar-refractivity contribution in [3.63, 3.8) is 0 Å². The van der Waals surface area contributed by atoms with E-state index in [4.69, 9.17) is 25.8 Å². The molecule has 1 atom stereocenters. The lowest BCUT2D eigenvalue weighted by Gasteiger charge is -2.20. The Morgan fingerprint density at radius 1 is 1.06 bits per heavy atom. The number of nitrogens with one attached hydrogen (secondary N) is 1. The third-order valence-electron chi connectivity index (χ3n) is 6.46. The van der Waals surface area contributed by atoms with Crippen LogP contribution < -0.4 is 25.0 Å². The van der Waals surface area contributed by atoms with Crippen LogP contribution in [0.25, 0.3) is 11.1 Å². The van der Waals surface area contributed by atoms with Gasteiger partial charge in [0, 0.05) is 5.56 Å². The van der Waals surface area contributed by atoms with Crippen molar-refractivity contribution >= 4 is 29.3 Å². The summed E-state index contributed by atoms with van der Waals surface area (Å²) in [5.41, 5.74) is 4.39. The average Bonchev–Trinajstić information content (AvgIpc) is 3.12. The van der Waals surface area contributed by atoms with Crippen LogP contribution in [0.3, 0.4) is 0 Å². The van der Waals surface area contributed by atoms with Crippen molar-refractivity contribution in [3.05, 3.63) is 80.0 Å². The number of thioether (sulfide) groups is 1. The third kappa shape index (κ3) is 4.65. The highest BCUT2D eigenvalue weighted by Crippen LogP contribution is 2.50. The smallest absolute Gasteiger partial charge is 0.253 e. The van der Waals surface area contributed by atoms with E-state index in [-0.39, 0.29) is 11.3 Å². The van der Waals surface area contributed by atoms with Crippen molar-refractivity contribution < 1.29 is 19.0 Å². The number of rotatable bonds is 6. The number of fused-ring (bicyclic) bond motifs is 3. The predicted octanol–water partition coefficient (Wildman–Crippen LogP) is 5.84. The standard InChI is InChI=1S/C28H28ClNO5S/c1-15-7-6-8-18(25(15)29)28(32)30-20-11-9-16-13-22(33-2)26(34-3)27(35-4)24(16)17-10-12-23(36-5)21(31)14-19(17)20/h6-8,10,12-14,20H,9,11H2,1-5H3,(H,30,32)/t20-/m0/s1. The molecule has 1 N–H and O–H groups in total. The van der Waals surface area contributed by atoms with Crippen LogP contribution >= 0.6 is 23.4 Å². The minimum absolute atomic E-state index is 0.112. The molecule has 4 rings (SSSR count). The van der Waals surface area contributed by atoms with Crippen molar-refractivity contribution in [2.24, 2.45) is 0 Å². The molecule has 0 aromatic heterocycles. The first-order valence-electron chi connectivity index (χ1n) is 11.4. The fraction of sp³-hybridized carbons (Fsp3) is 0.286. The Balaban J connectivity index is 1.94. The maximum absolute atomic E-state index is 13.3. The molecule has 0 spiro atoms. The van der Waals surface area contributed by atoms with Crippen molar-refractivity contribution in [2.45, 2.75) is 30.7 Å². The molecule has 1 aliphatic rings. The molecule has 0 saturated carbocycles. The molecule has 0 bridgehead atoms. The van der Waals surface area contributed by atoms with E-state index in [9.17, 15) is 9.59 Å². The van der Waals surface area contributed by atoms with Crippen LogP contribution in [0.4, 0.5) is 0 Å². The second-order valence-corrected chi connectivity index (χ2v) is 9.69. The van der Waals surface area contributed by atoms with Crippen LogP contribution in [0.5, 0.6) is 17.2 Å². The molecular weight excluding hydrogens is 498 g/mol. The summed E-state index contributed by atoms with van der Waals surface area (Å²) in [7, 11) is 4.72. The number of ether oxygens (including phenoxy) is 3. The lowest BCUT2D eigenvalue weighted by atomic mass is 9.95. The van der Waals surface area contributed by atoms with Gasteiger partial charge < -0.3 is 19.5 Å². The summed E-state index contributed by atoms with van der Waals surface area (Å²) in [6, 6.07) is 12.2. The second-order valence-electron chi connectivity index (χ2n) is 8.46. The van der Waals surface area contributed by atoms with Gasteiger partial charge in [0.2, 0.25) is 5.75 Å². The number of hydrogen-bond acceptors (Lipinski definition) is 6. The predicted molar refractivity (Wildman–Crippen MR) is 144 cm³/mol. The van der Waals surface area contributed by atoms with Crippen LogP contribution in [-0.2, 0) is 6.42 Å². The first-order chi connectivity index (χ1) is 17.3. The first-order valence-corrected chi connectivity index (χ1v) is 13.0. The van der Waals surface area contributed by atoms with Crippen molar-refractivity contribution in [1.82, 2.24) is 5.32 Å². The number of carbonyl (C=O) groups excluding carboxylic acids is 1. The van der Waals surface area contributed by atoms with Crippen molar-refractivity contribution in [2.75, 3.05) is 27.6 Å². The lowest BCUT2D eigenvalue weighted by molar-refractivity contribution is 0.0935. The molecule has 6 nitrogen and oxygen atoms in total. The summed E-state index contributed by atoms with van der Waals surface area (Å²) < 4.78 is 17.1.